The molecular formula is C21H18Cl2N4O4S. The van der Waals surface area contributed by atoms with Gasteiger partial charge in [0.05, 0.1) is 4.90 Å². The van der Waals surface area contributed by atoms with E-state index in [9.17, 15) is 13.2 Å². The van der Waals surface area contributed by atoms with E-state index in [0.717, 1.165) is 0 Å². The quantitative estimate of drug-likeness (QED) is 0.435. The molecule has 2 aromatic carbocycles. The maximum Gasteiger partial charge on any atom is 0.322 e. The van der Waals surface area contributed by atoms with Crippen molar-refractivity contribution in [2.45, 2.75) is 4.90 Å². The normalized spacial score (nSPS) is 11.3. The van der Waals surface area contributed by atoms with Crippen molar-refractivity contribution < 1.29 is 17.6 Å². The van der Waals surface area contributed by atoms with Crippen molar-refractivity contribution in [1.29, 1.82) is 0 Å². The second-order valence-electron chi connectivity index (χ2n) is 6.45. The van der Waals surface area contributed by atoms with Crippen molar-refractivity contribution in [1.82, 2.24) is 14.5 Å². The van der Waals surface area contributed by atoms with E-state index in [1.807, 2.05) is 0 Å². The Kier molecular flexibility index (Phi) is 7.47. The van der Waals surface area contributed by atoms with Crippen molar-refractivity contribution in [3.63, 3.8) is 0 Å². The zero-order valence-electron chi connectivity index (χ0n) is 16.7. The Labute approximate surface area is 195 Å². The number of carbonyl (C=O) groups excluding carboxylic acids is 1. The Morgan fingerprint density at radius 1 is 1.03 bits per heavy atom. The number of benzene rings is 2. The molecule has 1 heterocycles. The number of rotatable bonds is 9. The summed E-state index contributed by atoms with van der Waals surface area (Å²) in [6.45, 7) is 7.41. The SMILES string of the molecule is C=CCN(CC=C)S(=O)(=O)c1ccc(C(=O)Nc2nnc(-c3cc(Cl)cc(Cl)c3)o2)cc1. The highest BCUT2D eigenvalue weighted by atomic mass is 35.5. The second-order valence-corrected chi connectivity index (χ2v) is 9.26. The van der Waals surface area contributed by atoms with Crippen molar-refractivity contribution in [3.05, 3.63) is 83.4 Å². The number of nitrogens with one attached hydrogen (secondary N) is 1. The monoisotopic (exact) mass is 492 g/mol. The topological polar surface area (TPSA) is 105 Å². The van der Waals surface area contributed by atoms with E-state index in [1.165, 1.54) is 40.7 Å². The van der Waals surface area contributed by atoms with Crippen LogP contribution < -0.4 is 5.32 Å². The Bertz CT molecular complexity index is 1230. The Morgan fingerprint density at radius 3 is 2.19 bits per heavy atom. The summed E-state index contributed by atoms with van der Waals surface area (Å²) >= 11 is 11.9. The molecule has 0 aliphatic carbocycles. The van der Waals surface area contributed by atoms with Crippen LogP contribution in [0.5, 0.6) is 0 Å². The lowest BCUT2D eigenvalue weighted by atomic mass is 10.2. The fourth-order valence-corrected chi connectivity index (χ4v) is 4.63. The van der Waals surface area contributed by atoms with Crippen LogP contribution in [0.2, 0.25) is 10.0 Å². The number of halogens is 2. The van der Waals surface area contributed by atoms with Crippen molar-refractivity contribution in [2.24, 2.45) is 0 Å². The fraction of sp³-hybridized carbons (Fsp3) is 0.0952. The van der Waals surface area contributed by atoms with Gasteiger partial charge in [0.1, 0.15) is 0 Å². The molecule has 0 aliphatic heterocycles. The van der Waals surface area contributed by atoms with Crippen LogP contribution in [0.4, 0.5) is 6.01 Å². The summed E-state index contributed by atoms with van der Waals surface area (Å²) in [5.74, 6) is -0.432. The maximum absolute atomic E-state index is 12.7. The third kappa shape index (κ3) is 5.43. The average molecular weight is 493 g/mol. The van der Waals surface area contributed by atoms with Gasteiger partial charge in [-0.2, -0.15) is 4.31 Å². The first kappa shape index (κ1) is 23.7. The molecule has 0 spiro atoms. The summed E-state index contributed by atoms with van der Waals surface area (Å²) < 4.78 is 32.1. The number of aromatic nitrogens is 2. The summed E-state index contributed by atoms with van der Waals surface area (Å²) in [7, 11) is -3.76. The number of hydrogen-bond acceptors (Lipinski definition) is 6. The fourth-order valence-electron chi connectivity index (χ4n) is 2.72. The number of amides is 1. The highest BCUT2D eigenvalue weighted by molar-refractivity contribution is 7.89. The molecule has 0 saturated heterocycles. The lowest BCUT2D eigenvalue weighted by molar-refractivity contribution is 0.102. The van der Waals surface area contributed by atoms with E-state index < -0.39 is 15.9 Å². The highest BCUT2D eigenvalue weighted by Gasteiger charge is 2.23. The number of nitrogens with zero attached hydrogens (tertiary/aromatic N) is 3. The second kappa shape index (κ2) is 10.1. The zero-order valence-corrected chi connectivity index (χ0v) is 19.0. The van der Waals surface area contributed by atoms with Crippen LogP contribution in [0.3, 0.4) is 0 Å². The summed E-state index contributed by atoms with van der Waals surface area (Å²) in [5, 5.41) is 10.9. The molecule has 1 amide bonds. The third-order valence-electron chi connectivity index (χ3n) is 4.17. The molecule has 3 rings (SSSR count). The molecule has 166 valence electrons. The van der Waals surface area contributed by atoms with Crippen LogP contribution in [-0.2, 0) is 10.0 Å². The van der Waals surface area contributed by atoms with Gasteiger partial charge in [0, 0.05) is 34.3 Å². The predicted molar refractivity (Wildman–Crippen MR) is 123 cm³/mol. The molecule has 1 N–H and O–H groups in total. The summed E-state index contributed by atoms with van der Waals surface area (Å²) in [6.07, 6.45) is 2.97. The first-order valence-electron chi connectivity index (χ1n) is 9.18. The van der Waals surface area contributed by atoms with Gasteiger partial charge in [0.25, 0.3) is 5.91 Å². The van der Waals surface area contributed by atoms with Crippen molar-refractivity contribution in [3.8, 4) is 11.5 Å². The Morgan fingerprint density at radius 2 is 1.62 bits per heavy atom. The van der Waals surface area contributed by atoms with Gasteiger partial charge >= 0.3 is 6.01 Å². The minimum Gasteiger partial charge on any atom is -0.403 e. The van der Waals surface area contributed by atoms with Crippen molar-refractivity contribution in [2.75, 3.05) is 18.4 Å². The summed E-state index contributed by atoms with van der Waals surface area (Å²) in [5.41, 5.74) is 0.696. The summed E-state index contributed by atoms with van der Waals surface area (Å²) in [4.78, 5) is 12.5. The van der Waals surface area contributed by atoms with E-state index in [1.54, 1.807) is 18.2 Å². The van der Waals surface area contributed by atoms with Gasteiger partial charge in [-0.1, -0.05) is 40.5 Å². The lowest BCUT2D eigenvalue weighted by Crippen LogP contribution is -2.31. The molecular weight excluding hydrogens is 475 g/mol. The van der Waals surface area contributed by atoms with Crippen LogP contribution in [0.15, 0.2) is 77.1 Å². The Hall–Kier alpha value is -2.98. The number of anilines is 1. The van der Waals surface area contributed by atoms with E-state index in [0.29, 0.717) is 15.6 Å². The standard InChI is InChI=1S/C21H18Cl2N4O4S/c1-3-9-27(10-4-2)32(29,30)18-7-5-14(6-8-18)19(28)24-21-26-25-20(31-21)15-11-16(22)13-17(23)12-15/h3-8,11-13H,1-2,9-10H2,(H,24,26,28). The van der Waals surface area contributed by atoms with E-state index in [2.05, 4.69) is 28.7 Å². The molecule has 32 heavy (non-hydrogen) atoms. The van der Waals surface area contributed by atoms with Gasteiger partial charge in [-0.05, 0) is 42.5 Å². The molecule has 0 atom stereocenters. The first-order valence-corrected chi connectivity index (χ1v) is 11.4. The molecule has 8 nitrogen and oxygen atoms in total. The average Bonchev–Trinajstić information content (AvgIpc) is 3.21. The molecule has 0 unspecified atom stereocenters. The summed E-state index contributed by atoms with van der Waals surface area (Å²) in [6, 6.07) is 10.1. The molecule has 0 bridgehead atoms. The predicted octanol–water partition coefficient (Wildman–Crippen LogP) is 4.66. The number of hydrogen-bond donors (Lipinski definition) is 1. The third-order valence-corrected chi connectivity index (χ3v) is 6.46. The highest BCUT2D eigenvalue weighted by Crippen LogP contribution is 2.27. The van der Waals surface area contributed by atoms with Gasteiger partial charge in [0.15, 0.2) is 0 Å². The zero-order chi connectivity index (χ0) is 23.3. The van der Waals surface area contributed by atoms with Gasteiger partial charge in [0.2, 0.25) is 15.9 Å². The number of carbonyl (C=O) groups is 1. The van der Waals surface area contributed by atoms with Crippen LogP contribution in [0.1, 0.15) is 10.4 Å². The van der Waals surface area contributed by atoms with Gasteiger partial charge in [-0.15, -0.1) is 18.3 Å². The van der Waals surface area contributed by atoms with E-state index in [4.69, 9.17) is 27.6 Å². The van der Waals surface area contributed by atoms with E-state index in [-0.39, 0.29) is 35.5 Å². The smallest absolute Gasteiger partial charge is 0.322 e. The van der Waals surface area contributed by atoms with Crippen LogP contribution in [-0.4, -0.2) is 41.9 Å². The van der Waals surface area contributed by atoms with Gasteiger partial charge in [-0.25, -0.2) is 8.42 Å². The maximum atomic E-state index is 12.7. The molecule has 1 aromatic heterocycles. The van der Waals surface area contributed by atoms with Gasteiger partial charge < -0.3 is 4.42 Å². The van der Waals surface area contributed by atoms with Gasteiger partial charge in [-0.3, -0.25) is 10.1 Å². The molecule has 0 aliphatic rings. The minimum atomic E-state index is -3.76. The number of sulfonamides is 1. The molecule has 3 aromatic rings. The lowest BCUT2D eigenvalue weighted by Gasteiger charge is -2.19. The van der Waals surface area contributed by atoms with Crippen LogP contribution >= 0.6 is 23.2 Å². The molecule has 11 heteroatoms. The van der Waals surface area contributed by atoms with Crippen molar-refractivity contribution >= 4 is 45.1 Å². The molecule has 0 saturated carbocycles. The Balaban J connectivity index is 1.75. The molecule has 0 fully saturated rings. The van der Waals surface area contributed by atoms with Crippen LogP contribution in [0, 0.1) is 0 Å². The minimum absolute atomic E-state index is 0.0376. The molecule has 0 radical (unpaired) electrons. The van der Waals surface area contributed by atoms with Crippen LogP contribution in [0.25, 0.3) is 11.5 Å². The van der Waals surface area contributed by atoms with E-state index >= 15 is 0 Å². The largest absolute Gasteiger partial charge is 0.403 e. The first-order chi connectivity index (χ1) is 15.2.